The number of hydrogen-bond acceptors (Lipinski definition) is 3. The van der Waals surface area contributed by atoms with Crippen molar-refractivity contribution < 1.29 is 9.90 Å². The van der Waals surface area contributed by atoms with E-state index in [1.54, 1.807) is 4.90 Å². The summed E-state index contributed by atoms with van der Waals surface area (Å²) >= 11 is 0. The van der Waals surface area contributed by atoms with Crippen LogP contribution < -0.4 is 5.73 Å². The Morgan fingerprint density at radius 1 is 1.44 bits per heavy atom. The third-order valence-electron chi connectivity index (χ3n) is 3.78. The van der Waals surface area contributed by atoms with Crippen molar-refractivity contribution in [3.63, 3.8) is 0 Å². The first kappa shape index (κ1) is 11.9. The minimum absolute atomic E-state index is 0.0298. The predicted molar refractivity (Wildman–Crippen MR) is 61.7 cm³/mol. The zero-order chi connectivity index (χ0) is 12.1. The molecule has 1 saturated heterocycles. The molecule has 0 bridgehead atoms. The Morgan fingerprint density at radius 3 is 2.31 bits per heavy atom. The molecule has 1 aliphatic heterocycles. The third-order valence-corrected chi connectivity index (χ3v) is 3.78. The van der Waals surface area contributed by atoms with Gasteiger partial charge < -0.3 is 15.7 Å². The van der Waals surface area contributed by atoms with Crippen molar-refractivity contribution in [1.29, 1.82) is 0 Å². The van der Waals surface area contributed by atoms with Gasteiger partial charge in [0.15, 0.2) is 0 Å². The van der Waals surface area contributed by atoms with Crippen LogP contribution in [0.1, 0.15) is 33.6 Å². The van der Waals surface area contributed by atoms with Gasteiger partial charge in [-0.1, -0.05) is 20.8 Å². The molecule has 1 atom stereocenters. The van der Waals surface area contributed by atoms with E-state index in [9.17, 15) is 9.90 Å². The Morgan fingerprint density at radius 2 is 1.94 bits per heavy atom. The Labute approximate surface area is 96.8 Å². The summed E-state index contributed by atoms with van der Waals surface area (Å²) in [6.45, 7) is 6.83. The molecule has 0 aromatic rings. The maximum Gasteiger partial charge on any atom is 0.240 e. The number of nitrogens with zero attached hydrogens (tertiary/aromatic N) is 1. The molecule has 2 rings (SSSR count). The summed E-state index contributed by atoms with van der Waals surface area (Å²) in [5.41, 5.74) is 5.09. The average molecular weight is 226 g/mol. The molecule has 0 spiro atoms. The Kier molecular flexibility index (Phi) is 2.55. The molecule has 3 N–H and O–H groups in total. The number of aliphatic hydroxyl groups is 1. The summed E-state index contributed by atoms with van der Waals surface area (Å²) in [6.07, 6.45) is 2.20. The van der Waals surface area contributed by atoms with Gasteiger partial charge in [-0.2, -0.15) is 0 Å². The third kappa shape index (κ3) is 1.96. The Balaban J connectivity index is 1.89. The molecule has 4 heteroatoms. The molecule has 0 aromatic heterocycles. The topological polar surface area (TPSA) is 66.6 Å². The number of nitrogens with two attached hydrogens (primary N) is 1. The van der Waals surface area contributed by atoms with Crippen molar-refractivity contribution in [1.82, 2.24) is 4.90 Å². The van der Waals surface area contributed by atoms with Crippen LogP contribution in [0.4, 0.5) is 0 Å². The Bertz CT molecular complexity index is 299. The van der Waals surface area contributed by atoms with Crippen molar-refractivity contribution in [3.05, 3.63) is 0 Å². The number of carbonyl (C=O) groups is 1. The standard InChI is InChI=1S/C12H22N2O2/c1-11(2,3)9(13)10(15)14-6-12(16,7-14)8-4-5-8/h8-9,16H,4-7,13H2,1-3H3/t9-/m0/s1. The highest BCUT2D eigenvalue weighted by molar-refractivity contribution is 5.83. The van der Waals surface area contributed by atoms with E-state index in [0.717, 1.165) is 12.8 Å². The predicted octanol–water partition coefficient (Wildman–Crippen LogP) is 0.343. The summed E-state index contributed by atoms with van der Waals surface area (Å²) in [4.78, 5) is 13.7. The number of β-amino-alcohol motifs (C(OH)–C–C–N with tert-alkyl or cyclic N) is 1. The number of amides is 1. The lowest BCUT2D eigenvalue weighted by Crippen LogP contribution is -2.68. The van der Waals surface area contributed by atoms with E-state index in [-0.39, 0.29) is 11.3 Å². The lowest BCUT2D eigenvalue weighted by molar-refractivity contribution is -0.162. The smallest absolute Gasteiger partial charge is 0.240 e. The molecule has 4 nitrogen and oxygen atoms in total. The van der Waals surface area contributed by atoms with Gasteiger partial charge in [-0.25, -0.2) is 0 Å². The van der Waals surface area contributed by atoms with Crippen LogP contribution in [0.25, 0.3) is 0 Å². The molecular weight excluding hydrogens is 204 g/mol. The van der Waals surface area contributed by atoms with Crippen molar-refractivity contribution in [2.45, 2.75) is 45.3 Å². The van der Waals surface area contributed by atoms with E-state index in [1.807, 2.05) is 20.8 Å². The maximum absolute atomic E-state index is 12.0. The van der Waals surface area contributed by atoms with E-state index >= 15 is 0 Å². The summed E-state index contributed by atoms with van der Waals surface area (Å²) < 4.78 is 0. The molecule has 0 aromatic carbocycles. The van der Waals surface area contributed by atoms with Gasteiger partial charge in [0.1, 0.15) is 5.60 Å². The van der Waals surface area contributed by atoms with E-state index in [0.29, 0.717) is 19.0 Å². The average Bonchev–Trinajstić information content (AvgIpc) is 2.92. The highest BCUT2D eigenvalue weighted by Gasteiger charge is 2.54. The largest absolute Gasteiger partial charge is 0.386 e. The fourth-order valence-corrected chi connectivity index (χ4v) is 2.22. The van der Waals surface area contributed by atoms with Crippen LogP contribution >= 0.6 is 0 Å². The van der Waals surface area contributed by atoms with Gasteiger partial charge in [-0.3, -0.25) is 4.79 Å². The highest BCUT2D eigenvalue weighted by atomic mass is 16.3. The van der Waals surface area contributed by atoms with Gasteiger partial charge in [-0.05, 0) is 24.2 Å². The lowest BCUT2D eigenvalue weighted by atomic mass is 9.83. The molecule has 1 saturated carbocycles. The van der Waals surface area contributed by atoms with Gasteiger partial charge in [0.2, 0.25) is 5.91 Å². The van der Waals surface area contributed by atoms with E-state index in [4.69, 9.17) is 5.73 Å². The van der Waals surface area contributed by atoms with Crippen LogP contribution in [-0.4, -0.2) is 40.6 Å². The normalized spacial score (nSPS) is 26.2. The molecule has 0 unspecified atom stereocenters. The highest BCUT2D eigenvalue weighted by Crippen LogP contribution is 2.44. The van der Waals surface area contributed by atoms with Gasteiger partial charge in [0, 0.05) is 0 Å². The second-order valence-electron chi connectivity index (χ2n) is 6.42. The fourth-order valence-electron chi connectivity index (χ4n) is 2.22. The van der Waals surface area contributed by atoms with Crippen LogP contribution in [0, 0.1) is 11.3 Å². The van der Waals surface area contributed by atoms with Crippen LogP contribution in [0.3, 0.4) is 0 Å². The van der Waals surface area contributed by atoms with Crippen molar-refractivity contribution in [2.75, 3.05) is 13.1 Å². The fraction of sp³-hybridized carbons (Fsp3) is 0.917. The summed E-state index contributed by atoms with van der Waals surface area (Å²) in [6, 6.07) is -0.476. The molecule has 2 fully saturated rings. The summed E-state index contributed by atoms with van der Waals surface area (Å²) in [5, 5.41) is 10.1. The zero-order valence-electron chi connectivity index (χ0n) is 10.4. The van der Waals surface area contributed by atoms with Crippen LogP contribution in [0.15, 0.2) is 0 Å². The van der Waals surface area contributed by atoms with Crippen molar-refractivity contribution in [3.8, 4) is 0 Å². The molecule has 92 valence electrons. The van der Waals surface area contributed by atoms with E-state index in [1.165, 1.54) is 0 Å². The van der Waals surface area contributed by atoms with Crippen LogP contribution in [0.5, 0.6) is 0 Å². The SMILES string of the molecule is CC(C)(C)[C@@H](N)C(=O)N1CC(O)(C2CC2)C1. The minimum Gasteiger partial charge on any atom is -0.386 e. The molecular formula is C12H22N2O2. The molecule has 1 aliphatic carbocycles. The van der Waals surface area contributed by atoms with Gasteiger partial charge in [0.05, 0.1) is 19.1 Å². The number of hydrogen-bond donors (Lipinski definition) is 2. The van der Waals surface area contributed by atoms with Gasteiger partial charge in [0.25, 0.3) is 0 Å². The summed E-state index contributed by atoms with van der Waals surface area (Å²) in [7, 11) is 0. The number of carbonyl (C=O) groups excluding carboxylic acids is 1. The lowest BCUT2D eigenvalue weighted by Gasteiger charge is -2.48. The van der Waals surface area contributed by atoms with E-state index < -0.39 is 11.6 Å². The van der Waals surface area contributed by atoms with E-state index in [2.05, 4.69) is 0 Å². The first-order chi connectivity index (χ1) is 7.24. The molecule has 0 radical (unpaired) electrons. The second kappa shape index (κ2) is 3.44. The molecule has 16 heavy (non-hydrogen) atoms. The summed E-state index contributed by atoms with van der Waals surface area (Å²) in [5.74, 6) is 0.389. The quantitative estimate of drug-likeness (QED) is 0.713. The molecule has 1 amide bonds. The zero-order valence-corrected chi connectivity index (χ0v) is 10.4. The first-order valence-corrected chi connectivity index (χ1v) is 6.01. The Hall–Kier alpha value is -0.610. The maximum atomic E-state index is 12.0. The molecule has 1 heterocycles. The number of likely N-dealkylation sites (tertiary alicyclic amines) is 1. The minimum atomic E-state index is -0.604. The van der Waals surface area contributed by atoms with Crippen LogP contribution in [-0.2, 0) is 4.79 Å². The van der Waals surface area contributed by atoms with Crippen LogP contribution in [0.2, 0.25) is 0 Å². The second-order valence-corrected chi connectivity index (χ2v) is 6.42. The monoisotopic (exact) mass is 226 g/mol. The van der Waals surface area contributed by atoms with Gasteiger partial charge >= 0.3 is 0 Å². The molecule has 2 aliphatic rings. The first-order valence-electron chi connectivity index (χ1n) is 6.01. The number of rotatable bonds is 2. The van der Waals surface area contributed by atoms with Gasteiger partial charge in [-0.15, -0.1) is 0 Å². The van der Waals surface area contributed by atoms with Crippen molar-refractivity contribution in [2.24, 2.45) is 17.1 Å². The van der Waals surface area contributed by atoms with Crippen molar-refractivity contribution >= 4 is 5.91 Å².